The van der Waals surface area contributed by atoms with E-state index in [1.807, 2.05) is 6.07 Å². The lowest BCUT2D eigenvalue weighted by molar-refractivity contribution is 0.00131. The Hall–Kier alpha value is -1.62. The van der Waals surface area contributed by atoms with Crippen molar-refractivity contribution in [2.45, 2.75) is 70.9 Å². The van der Waals surface area contributed by atoms with E-state index in [0.717, 1.165) is 31.1 Å². The van der Waals surface area contributed by atoms with Gasteiger partial charge in [-0.2, -0.15) is 5.10 Å². The van der Waals surface area contributed by atoms with Crippen molar-refractivity contribution < 1.29 is 4.79 Å². The fourth-order valence-electron chi connectivity index (χ4n) is 6.36. The Morgan fingerprint density at radius 2 is 2.18 bits per heavy atom. The summed E-state index contributed by atoms with van der Waals surface area (Å²) in [7, 11) is 0. The lowest BCUT2D eigenvalue weighted by atomic mass is 9.68. The topological polar surface area (TPSA) is 52.2 Å². The van der Waals surface area contributed by atoms with Gasteiger partial charge in [-0.15, -0.1) is 0 Å². The van der Waals surface area contributed by atoms with Crippen molar-refractivity contribution in [2.24, 2.45) is 17.8 Å². The fraction of sp³-hybridized carbons (Fsp3) is 0.739. The molecule has 5 rings (SSSR count). The fourth-order valence-corrected chi connectivity index (χ4v) is 6.36. The summed E-state index contributed by atoms with van der Waals surface area (Å²) in [5, 5.41) is 7.47. The molecule has 5 heteroatoms. The molecule has 2 unspecified atom stereocenters. The highest BCUT2D eigenvalue weighted by Crippen LogP contribution is 2.45. The summed E-state index contributed by atoms with van der Waals surface area (Å²) in [6.07, 6.45) is 11.1. The van der Waals surface area contributed by atoms with Crippen molar-refractivity contribution in [3.8, 4) is 0 Å². The predicted octanol–water partition coefficient (Wildman–Crippen LogP) is 3.64. The van der Waals surface area contributed by atoms with Gasteiger partial charge in [0, 0.05) is 24.8 Å². The van der Waals surface area contributed by atoms with Crippen molar-refractivity contribution in [3.63, 3.8) is 0 Å². The first-order valence-corrected chi connectivity index (χ1v) is 11.4. The number of carbonyl (C=O) groups excluding carboxylic acids is 1. The van der Waals surface area contributed by atoms with Crippen LogP contribution in [0, 0.1) is 17.8 Å². The highest BCUT2D eigenvalue weighted by atomic mass is 16.2. The molecule has 5 nitrogen and oxygen atoms in total. The van der Waals surface area contributed by atoms with Crippen LogP contribution in [0.3, 0.4) is 0 Å². The summed E-state index contributed by atoms with van der Waals surface area (Å²) >= 11 is 0. The van der Waals surface area contributed by atoms with Crippen LogP contribution >= 0.6 is 0 Å². The molecule has 3 aliphatic heterocycles. The number of nitrogens with one attached hydrogen (secondary N) is 1. The van der Waals surface area contributed by atoms with Crippen LogP contribution in [0.5, 0.6) is 0 Å². The highest BCUT2D eigenvalue weighted by Gasteiger charge is 2.47. The average molecular weight is 383 g/mol. The minimum Gasteiger partial charge on any atom is -0.330 e. The van der Waals surface area contributed by atoms with E-state index < -0.39 is 0 Å². The molecule has 1 aromatic heterocycles. The van der Waals surface area contributed by atoms with E-state index in [-0.39, 0.29) is 5.91 Å². The maximum absolute atomic E-state index is 13.4. The van der Waals surface area contributed by atoms with Crippen molar-refractivity contribution >= 4 is 5.91 Å². The minimum absolute atomic E-state index is 0.126. The molecule has 3 saturated heterocycles. The third-order valence-electron chi connectivity index (χ3n) is 7.40. The molecule has 0 saturated carbocycles. The van der Waals surface area contributed by atoms with Gasteiger partial charge in [-0.3, -0.25) is 14.8 Å². The van der Waals surface area contributed by atoms with E-state index >= 15 is 0 Å². The number of rotatable bonds is 3. The first kappa shape index (κ1) is 18.4. The van der Waals surface area contributed by atoms with Crippen LogP contribution in [-0.2, 0) is 6.42 Å². The first-order chi connectivity index (χ1) is 13.6. The molecule has 0 aromatic carbocycles. The number of aromatic amines is 1. The van der Waals surface area contributed by atoms with Gasteiger partial charge < -0.3 is 4.90 Å². The molecule has 152 valence electrons. The number of nitrogens with zero attached hydrogens (tertiary/aromatic N) is 3. The second-order valence-electron chi connectivity index (χ2n) is 9.88. The van der Waals surface area contributed by atoms with Gasteiger partial charge >= 0.3 is 0 Å². The molecule has 4 heterocycles. The Balaban J connectivity index is 1.40. The minimum atomic E-state index is 0.126. The van der Waals surface area contributed by atoms with E-state index in [1.54, 1.807) is 5.57 Å². The predicted molar refractivity (Wildman–Crippen MR) is 110 cm³/mol. The SMILES string of the molecule is CC(C)Cc1cc(C(=O)N2CCCC3=C[C@@H]4C[C@H](CN5CCCCC45)C32)n[nH]1. The van der Waals surface area contributed by atoms with Crippen molar-refractivity contribution in [1.82, 2.24) is 20.0 Å². The molecule has 1 aliphatic carbocycles. The van der Waals surface area contributed by atoms with Crippen molar-refractivity contribution in [1.29, 1.82) is 0 Å². The monoisotopic (exact) mass is 382 g/mol. The second kappa shape index (κ2) is 7.33. The van der Waals surface area contributed by atoms with Gasteiger partial charge in [0.1, 0.15) is 5.69 Å². The number of likely N-dealkylation sites (tertiary alicyclic amines) is 1. The summed E-state index contributed by atoms with van der Waals surface area (Å²) in [5.41, 5.74) is 3.22. The van der Waals surface area contributed by atoms with Gasteiger partial charge in [0.2, 0.25) is 0 Å². The number of hydrogen-bond acceptors (Lipinski definition) is 3. The molecule has 3 fully saturated rings. The molecule has 4 atom stereocenters. The van der Waals surface area contributed by atoms with Gasteiger partial charge in [0.05, 0.1) is 6.04 Å². The lowest BCUT2D eigenvalue weighted by Crippen LogP contribution is -2.60. The Labute approximate surface area is 168 Å². The number of aromatic nitrogens is 2. The van der Waals surface area contributed by atoms with Gasteiger partial charge in [-0.1, -0.05) is 31.9 Å². The van der Waals surface area contributed by atoms with Crippen molar-refractivity contribution in [3.05, 3.63) is 29.1 Å². The third-order valence-corrected chi connectivity index (χ3v) is 7.40. The van der Waals surface area contributed by atoms with E-state index in [9.17, 15) is 4.79 Å². The van der Waals surface area contributed by atoms with Crippen LogP contribution in [0.15, 0.2) is 17.7 Å². The quantitative estimate of drug-likeness (QED) is 0.812. The van der Waals surface area contributed by atoms with Gasteiger partial charge in [0.25, 0.3) is 5.91 Å². The Morgan fingerprint density at radius 3 is 3.04 bits per heavy atom. The van der Waals surface area contributed by atoms with Crippen molar-refractivity contribution in [2.75, 3.05) is 19.6 Å². The second-order valence-corrected chi connectivity index (χ2v) is 9.88. The maximum atomic E-state index is 13.4. The van der Waals surface area contributed by atoms with Gasteiger partial charge in [-0.05, 0) is 68.9 Å². The number of H-pyrrole nitrogens is 1. The molecular weight excluding hydrogens is 348 g/mol. The molecule has 1 aromatic rings. The lowest BCUT2D eigenvalue weighted by Gasteiger charge is -2.54. The summed E-state index contributed by atoms with van der Waals surface area (Å²) in [6.45, 7) is 7.68. The highest BCUT2D eigenvalue weighted by molar-refractivity contribution is 5.93. The maximum Gasteiger partial charge on any atom is 0.274 e. The van der Waals surface area contributed by atoms with Gasteiger partial charge in [-0.25, -0.2) is 0 Å². The first-order valence-electron chi connectivity index (χ1n) is 11.4. The molecule has 28 heavy (non-hydrogen) atoms. The summed E-state index contributed by atoms with van der Waals surface area (Å²) < 4.78 is 0. The molecule has 1 N–H and O–H groups in total. The van der Waals surface area contributed by atoms with Crippen LogP contribution < -0.4 is 0 Å². The van der Waals surface area contributed by atoms with Crippen LogP contribution in [0.25, 0.3) is 0 Å². The van der Waals surface area contributed by atoms with Crippen LogP contribution in [0.4, 0.5) is 0 Å². The normalized spacial score (nSPS) is 32.7. The number of amides is 1. The van der Waals surface area contributed by atoms with Crippen LogP contribution in [0.2, 0.25) is 0 Å². The third kappa shape index (κ3) is 3.22. The number of piperidine rings is 3. The standard InChI is InChI=1S/C23H34N4O/c1-15(2)10-19-13-20(25-24-19)23(28)27-9-5-6-16-11-17-12-18(22(16)27)14-26-8-4-3-7-21(17)26/h11,13,15,17-18,21-22H,3-10,12,14H2,1-2H3,(H,24,25)/t17-,18-,21?,22?/m1/s1. The Bertz CT molecular complexity index is 766. The van der Waals surface area contributed by atoms with E-state index in [2.05, 4.69) is 39.9 Å². The van der Waals surface area contributed by atoms with Gasteiger partial charge in [0.15, 0.2) is 0 Å². The summed E-state index contributed by atoms with van der Waals surface area (Å²) in [5.74, 6) is 1.99. The van der Waals surface area contributed by atoms with E-state index in [1.165, 1.54) is 45.2 Å². The van der Waals surface area contributed by atoms with Crippen LogP contribution in [0.1, 0.15) is 68.6 Å². The van der Waals surface area contributed by atoms with E-state index in [0.29, 0.717) is 29.5 Å². The molecule has 0 spiro atoms. The molecular formula is C23H34N4O. The molecule has 0 radical (unpaired) electrons. The zero-order chi connectivity index (χ0) is 19.3. The summed E-state index contributed by atoms with van der Waals surface area (Å²) in [4.78, 5) is 18.3. The zero-order valence-electron chi connectivity index (χ0n) is 17.4. The average Bonchev–Trinajstić information content (AvgIpc) is 3.15. The molecule has 4 aliphatic rings. The number of carbonyl (C=O) groups is 1. The zero-order valence-corrected chi connectivity index (χ0v) is 17.4. The molecule has 2 bridgehead atoms. The Morgan fingerprint density at radius 1 is 1.29 bits per heavy atom. The van der Waals surface area contributed by atoms with E-state index in [4.69, 9.17) is 0 Å². The Kier molecular flexibility index (Phi) is 4.82. The number of fused-ring (bicyclic) bond motifs is 6. The molecule has 1 amide bonds. The smallest absolute Gasteiger partial charge is 0.274 e. The summed E-state index contributed by atoms with van der Waals surface area (Å²) in [6, 6.07) is 3.04. The van der Waals surface area contributed by atoms with Crippen LogP contribution in [-0.4, -0.2) is 57.6 Å². The number of hydrogen-bond donors (Lipinski definition) is 1. The largest absolute Gasteiger partial charge is 0.330 e.